The van der Waals surface area contributed by atoms with Crippen LogP contribution in [-0.4, -0.2) is 49.2 Å². The van der Waals surface area contributed by atoms with Crippen LogP contribution in [-0.2, 0) is 9.53 Å². The minimum atomic E-state index is -0.0816. The highest BCUT2D eigenvalue weighted by atomic mass is 16.5. The minimum Gasteiger partial charge on any atom is -0.469 e. The maximum Gasteiger partial charge on any atom is 0.305 e. The largest absolute Gasteiger partial charge is 0.469 e. The Morgan fingerprint density at radius 1 is 1.26 bits per heavy atom. The van der Waals surface area contributed by atoms with Gasteiger partial charge in [-0.3, -0.25) is 4.79 Å². The van der Waals surface area contributed by atoms with Crippen LogP contribution in [0.3, 0.4) is 0 Å². The zero-order chi connectivity index (χ0) is 13.7. The summed E-state index contributed by atoms with van der Waals surface area (Å²) < 4.78 is 4.71. The number of hydrogen-bond donors (Lipinski definition) is 1. The molecule has 2 fully saturated rings. The molecule has 0 aromatic heterocycles. The van der Waals surface area contributed by atoms with Gasteiger partial charge >= 0.3 is 5.97 Å². The number of hydrogen-bond acceptors (Lipinski definition) is 4. The molecule has 2 saturated heterocycles. The van der Waals surface area contributed by atoms with Crippen molar-refractivity contribution in [3.63, 3.8) is 0 Å². The molecule has 4 nitrogen and oxygen atoms in total. The van der Waals surface area contributed by atoms with Crippen LogP contribution in [0.25, 0.3) is 0 Å². The van der Waals surface area contributed by atoms with E-state index in [0.29, 0.717) is 6.42 Å². The van der Waals surface area contributed by atoms with Gasteiger partial charge in [-0.25, -0.2) is 0 Å². The van der Waals surface area contributed by atoms with Gasteiger partial charge in [0.2, 0.25) is 0 Å². The fourth-order valence-electron chi connectivity index (χ4n) is 3.62. The maximum absolute atomic E-state index is 11.2. The second-order valence-electron chi connectivity index (χ2n) is 5.98. The molecule has 0 spiro atoms. The highest BCUT2D eigenvalue weighted by Gasteiger charge is 2.35. The lowest BCUT2D eigenvalue weighted by Gasteiger charge is -2.37. The Kier molecular flexibility index (Phi) is 5.64. The molecule has 0 aromatic rings. The third kappa shape index (κ3) is 4.18. The van der Waals surface area contributed by atoms with Crippen LogP contribution in [0.1, 0.15) is 51.9 Å². The van der Waals surface area contributed by atoms with Crippen LogP contribution < -0.4 is 5.32 Å². The van der Waals surface area contributed by atoms with Gasteiger partial charge in [-0.2, -0.15) is 0 Å². The highest BCUT2D eigenvalue weighted by Crippen LogP contribution is 2.30. The number of piperidine rings is 1. The van der Waals surface area contributed by atoms with Gasteiger partial charge in [0.15, 0.2) is 0 Å². The van der Waals surface area contributed by atoms with Gasteiger partial charge in [0.05, 0.1) is 7.11 Å². The Balaban J connectivity index is 1.79. The van der Waals surface area contributed by atoms with E-state index in [1.165, 1.54) is 39.2 Å². The number of fused-ring (bicyclic) bond motifs is 2. The molecular weight excluding hydrogens is 240 g/mol. The van der Waals surface area contributed by atoms with Gasteiger partial charge < -0.3 is 15.0 Å². The standard InChI is InChI=1S/C15H28N2O2/c1-3-8-17(9-4-5-15(18)19-2)14-10-12-6-7-13(11-14)16-12/h12-14,16H,3-11H2,1-2H3. The Bertz CT molecular complexity index is 284. The number of carbonyl (C=O) groups excluding carboxylic acids is 1. The van der Waals surface area contributed by atoms with Crippen molar-refractivity contribution < 1.29 is 9.53 Å². The molecule has 1 N–H and O–H groups in total. The van der Waals surface area contributed by atoms with Crippen LogP contribution in [0, 0.1) is 0 Å². The second kappa shape index (κ2) is 7.25. The van der Waals surface area contributed by atoms with E-state index in [9.17, 15) is 4.79 Å². The molecule has 0 amide bonds. The first kappa shape index (κ1) is 14.8. The summed E-state index contributed by atoms with van der Waals surface area (Å²) in [4.78, 5) is 13.8. The van der Waals surface area contributed by atoms with Crippen molar-refractivity contribution in [1.29, 1.82) is 0 Å². The Hall–Kier alpha value is -0.610. The molecule has 2 aliphatic rings. The molecule has 19 heavy (non-hydrogen) atoms. The van der Waals surface area contributed by atoms with E-state index in [1.54, 1.807) is 0 Å². The van der Waals surface area contributed by atoms with Crippen LogP contribution in [0.4, 0.5) is 0 Å². The number of carbonyl (C=O) groups is 1. The minimum absolute atomic E-state index is 0.0816. The summed E-state index contributed by atoms with van der Waals surface area (Å²) in [5, 5.41) is 3.70. The van der Waals surface area contributed by atoms with E-state index in [0.717, 1.165) is 37.6 Å². The van der Waals surface area contributed by atoms with Crippen molar-refractivity contribution in [1.82, 2.24) is 10.2 Å². The predicted octanol–water partition coefficient (Wildman–Crippen LogP) is 1.93. The Morgan fingerprint density at radius 3 is 2.53 bits per heavy atom. The van der Waals surface area contributed by atoms with E-state index in [4.69, 9.17) is 4.74 Å². The first-order valence-electron chi connectivity index (χ1n) is 7.79. The van der Waals surface area contributed by atoms with Gasteiger partial charge in [-0.1, -0.05) is 6.92 Å². The number of rotatable bonds is 7. The molecule has 0 saturated carbocycles. The molecule has 2 rings (SSSR count). The third-order valence-electron chi connectivity index (χ3n) is 4.53. The number of esters is 1. The van der Waals surface area contributed by atoms with Gasteiger partial charge in [0, 0.05) is 24.5 Å². The topological polar surface area (TPSA) is 41.6 Å². The lowest BCUT2D eigenvalue weighted by molar-refractivity contribution is -0.140. The summed E-state index contributed by atoms with van der Waals surface area (Å²) in [6.45, 7) is 4.43. The number of nitrogens with zero attached hydrogens (tertiary/aromatic N) is 1. The number of nitrogens with one attached hydrogen (secondary N) is 1. The van der Waals surface area contributed by atoms with E-state index < -0.39 is 0 Å². The Morgan fingerprint density at radius 2 is 1.95 bits per heavy atom. The molecule has 0 aromatic carbocycles. The molecule has 0 aliphatic carbocycles. The third-order valence-corrected chi connectivity index (χ3v) is 4.53. The maximum atomic E-state index is 11.2. The fourth-order valence-corrected chi connectivity index (χ4v) is 3.62. The summed E-state index contributed by atoms with van der Waals surface area (Å²) in [6, 6.07) is 2.20. The van der Waals surface area contributed by atoms with Crippen molar-refractivity contribution in [2.75, 3.05) is 20.2 Å². The molecular formula is C15H28N2O2. The van der Waals surface area contributed by atoms with Crippen molar-refractivity contribution >= 4 is 5.97 Å². The number of methoxy groups -OCH3 is 1. The average molecular weight is 268 g/mol. The SMILES string of the molecule is CCCN(CCCC(=O)OC)C1CC2CCC(C1)N2. The second-order valence-corrected chi connectivity index (χ2v) is 5.98. The molecule has 2 heterocycles. The molecule has 4 heteroatoms. The van der Waals surface area contributed by atoms with E-state index in [2.05, 4.69) is 17.1 Å². The molecule has 2 unspecified atom stereocenters. The molecule has 0 radical (unpaired) electrons. The van der Waals surface area contributed by atoms with E-state index in [-0.39, 0.29) is 5.97 Å². The summed E-state index contributed by atoms with van der Waals surface area (Å²) in [6.07, 6.45) is 7.94. The summed E-state index contributed by atoms with van der Waals surface area (Å²) in [5.74, 6) is -0.0816. The van der Waals surface area contributed by atoms with Crippen molar-refractivity contribution in [2.24, 2.45) is 0 Å². The van der Waals surface area contributed by atoms with Gasteiger partial charge in [-0.05, 0) is 51.6 Å². The highest BCUT2D eigenvalue weighted by molar-refractivity contribution is 5.69. The summed E-state index contributed by atoms with van der Waals surface area (Å²) >= 11 is 0. The zero-order valence-corrected chi connectivity index (χ0v) is 12.4. The molecule has 2 atom stereocenters. The van der Waals surface area contributed by atoms with Crippen LogP contribution >= 0.6 is 0 Å². The molecule has 2 bridgehead atoms. The van der Waals surface area contributed by atoms with Crippen LogP contribution in [0.2, 0.25) is 0 Å². The van der Waals surface area contributed by atoms with Gasteiger partial charge in [-0.15, -0.1) is 0 Å². The Labute approximate surface area is 116 Å². The van der Waals surface area contributed by atoms with Crippen LogP contribution in [0.15, 0.2) is 0 Å². The first-order valence-corrected chi connectivity index (χ1v) is 7.79. The normalized spacial score (nSPS) is 29.7. The predicted molar refractivity (Wildman–Crippen MR) is 76.1 cm³/mol. The lowest BCUT2D eigenvalue weighted by Crippen LogP contribution is -2.48. The van der Waals surface area contributed by atoms with Crippen molar-refractivity contribution in [3.05, 3.63) is 0 Å². The molecule has 110 valence electrons. The van der Waals surface area contributed by atoms with Gasteiger partial charge in [0.1, 0.15) is 0 Å². The van der Waals surface area contributed by atoms with Crippen molar-refractivity contribution in [2.45, 2.75) is 70.0 Å². The summed E-state index contributed by atoms with van der Waals surface area (Å²) in [7, 11) is 1.47. The lowest BCUT2D eigenvalue weighted by atomic mass is 9.97. The number of ether oxygens (including phenoxy) is 1. The van der Waals surface area contributed by atoms with E-state index in [1.807, 2.05) is 0 Å². The monoisotopic (exact) mass is 268 g/mol. The zero-order valence-electron chi connectivity index (χ0n) is 12.4. The smallest absolute Gasteiger partial charge is 0.305 e. The average Bonchev–Trinajstić information content (AvgIpc) is 2.76. The summed E-state index contributed by atoms with van der Waals surface area (Å²) in [5.41, 5.74) is 0. The van der Waals surface area contributed by atoms with Crippen molar-refractivity contribution in [3.8, 4) is 0 Å². The quantitative estimate of drug-likeness (QED) is 0.716. The van der Waals surface area contributed by atoms with Crippen LogP contribution in [0.5, 0.6) is 0 Å². The van der Waals surface area contributed by atoms with E-state index >= 15 is 0 Å². The first-order chi connectivity index (χ1) is 9.22. The molecule has 2 aliphatic heterocycles. The fraction of sp³-hybridized carbons (Fsp3) is 0.933. The van der Waals surface area contributed by atoms with Gasteiger partial charge in [0.25, 0.3) is 0 Å².